The molecule has 0 atom stereocenters. The third kappa shape index (κ3) is 5.05. The summed E-state index contributed by atoms with van der Waals surface area (Å²) >= 11 is 3.27. The molecule has 1 heterocycles. The van der Waals surface area contributed by atoms with Crippen molar-refractivity contribution in [3.8, 4) is 11.5 Å². The summed E-state index contributed by atoms with van der Waals surface area (Å²) in [6, 6.07) is 11.4. The molecule has 1 saturated carbocycles. The largest absolute Gasteiger partial charge is 0.456 e. The van der Waals surface area contributed by atoms with Crippen LogP contribution in [0.4, 0.5) is 4.39 Å². The third-order valence-electron chi connectivity index (χ3n) is 4.86. The fraction of sp³-hybridized carbons (Fsp3) is 0.182. The molecule has 0 spiro atoms. The van der Waals surface area contributed by atoms with Crippen LogP contribution in [0.1, 0.15) is 28.8 Å². The van der Waals surface area contributed by atoms with Gasteiger partial charge in [0.1, 0.15) is 29.2 Å². The van der Waals surface area contributed by atoms with Gasteiger partial charge in [0.2, 0.25) is 5.91 Å². The average Bonchev–Trinajstić information content (AvgIpc) is 3.56. The van der Waals surface area contributed by atoms with Gasteiger partial charge in [-0.1, -0.05) is 12.1 Å². The van der Waals surface area contributed by atoms with Crippen LogP contribution in [-0.4, -0.2) is 27.3 Å². The maximum atomic E-state index is 13.2. The molecular weight excluding hydrogens is 467 g/mol. The standard InChI is InChI=1S/C22H18BrFN4O3/c23-18-9-16(24)3-6-19(18)31-17-4-1-14(2-5-17)10-27-21(30)22(7-8-22)28-20(29)15-11-25-13-26-12-15/h1-6,9,11-13H,7-8,10H2,(H,27,30)(H,28,29). The first kappa shape index (κ1) is 20.9. The fourth-order valence-electron chi connectivity index (χ4n) is 2.95. The molecule has 0 saturated heterocycles. The second kappa shape index (κ2) is 8.81. The van der Waals surface area contributed by atoms with Crippen molar-refractivity contribution < 1.29 is 18.7 Å². The Bertz CT molecular complexity index is 1110. The van der Waals surface area contributed by atoms with E-state index in [1.165, 1.54) is 30.9 Å². The van der Waals surface area contributed by atoms with Crippen LogP contribution in [0.3, 0.4) is 0 Å². The molecule has 0 bridgehead atoms. The number of benzene rings is 2. The van der Waals surface area contributed by atoms with Gasteiger partial charge in [-0.3, -0.25) is 9.59 Å². The number of rotatable bonds is 7. The smallest absolute Gasteiger partial charge is 0.255 e. The van der Waals surface area contributed by atoms with Gasteiger partial charge in [-0.2, -0.15) is 0 Å². The number of nitrogens with zero attached hydrogens (tertiary/aromatic N) is 2. The quantitative estimate of drug-likeness (QED) is 0.532. The van der Waals surface area contributed by atoms with E-state index in [-0.39, 0.29) is 17.6 Å². The van der Waals surface area contributed by atoms with E-state index in [9.17, 15) is 14.0 Å². The van der Waals surface area contributed by atoms with Crippen molar-refractivity contribution in [2.24, 2.45) is 0 Å². The zero-order valence-corrected chi connectivity index (χ0v) is 17.9. The predicted molar refractivity (Wildman–Crippen MR) is 114 cm³/mol. The molecule has 0 radical (unpaired) electrons. The molecule has 0 aliphatic heterocycles. The average molecular weight is 485 g/mol. The van der Waals surface area contributed by atoms with Crippen LogP contribution in [0.15, 0.2) is 65.7 Å². The summed E-state index contributed by atoms with van der Waals surface area (Å²) in [4.78, 5) is 32.6. The van der Waals surface area contributed by atoms with Crippen molar-refractivity contribution in [2.75, 3.05) is 0 Å². The van der Waals surface area contributed by atoms with E-state index >= 15 is 0 Å². The van der Waals surface area contributed by atoms with Crippen LogP contribution < -0.4 is 15.4 Å². The number of aromatic nitrogens is 2. The first-order chi connectivity index (χ1) is 14.9. The fourth-order valence-corrected chi connectivity index (χ4v) is 3.38. The van der Waals surface area contributed by atoms with E-state index in [0.29, 0.717) is 40.9 Å². The molecule has 3 aromatic rings. The number of hydrogen-bond acceptors (Lipinski definition) is 5. The molecular formula is C22H18BrFN4O3. The maximum Gasteiger partial charge on any atom is 0.255 e. The Kier molecular flexibility index (Phi) is 5.94. The summed E-state index contributed by atoms with van der Waals surface area (Å²) in [5.41, 5.74) is 0.299. The predicted octanol–water partition coefficient (Wildman–Crippen LogP) is 3.75. The van der Waals surface area contributed by atoms with Crippen molar-refractivity contribution in [3.63, 3.8) is 0 Å². The lowest BCUT2D eigenvalue weighted by Gasteiger charge is -2.17. The van der Waals surface area contributed by atoms with Crippen molar-refractivity contribution in [1.82, 2.24) is 20.6 Å². The summed E-state index contributed by atoms with van der Waals surface area (Å²) in [6.07, 6.45) is 5.31. The number of carbonyl (C=O) groups is 2. The number of halogens is 2. The van der Waals surface area contributed by atoms with Gasteiger partial charge in [0.25, 0.3) is 5.91 Å². The number of ether oxygens (including phenoxy) is 1. The lowest BCUT2D eigenvalue weighted by Crippen LogP contribution is -2.48. The molecule has 2 aromatic carbocycles. The van der Waals surface area contributed by atoms with Crippen LogP contribution in [0.5, 0.6) is 11.5 Å². The highest BCUT2D eigenvalue weighted by molar-refractivity contribution is 9.10. The van der Waals surface area contributed by atoms with E-state index < -0.39 is 5.54 Å². The zero-order chi connectivity index (χ0) is 21.8. The lowest BCUT2D eigenvalue weighted by atomic mass is 10.2. The first-order valence-electron chi connectivity index (χ1n) is 9.53. The monoisotopic (exact) mass is 484 g/mol. The molecule has 9 heteroatoms. The summed E-state index contributed by atoms with van der Waals surface area (Å²) in [5, 5.41) is 5.65. The SMILES string of the molecule is O=C(NC1(C(=O)NCc2ccc(Oc3ccc(F)cc3Br)cc2)CC1)c1cncnc1. The van der Waals surface area contributed by atoms with E-state index in [0.717, 1.165) is 5.56 Å². The Labute approximate surface area is 186 Å². The lowest BCUT2D eigenvalue weighted by molar-refractivity contribution is -0.124. The van der Waals surface area contributed by atoms with E-state index in [1.54, 1.807) is 18.2 Å². The third-order valence-corrected chi connectivity index (χ3v) is 5.48. The van der Waals surface area contributed by atoms with E-state index in [1.807, 2.05) is 12.1 Å². The minimum absolute atomic E-state index is 0.228. The minimum atomic E-state index is -0.884. The van der Waals surface area contributed by atoms with E-state index in [2.05, 4.69) is 36.5 Å². The molecule has 1 aliphatic rings. The molecule has 158 valence electrons. The second-order valence-corrected chi connectivity index (χ2v) is 8.02. The summed E-state index contributed by atoms with van der Waals surface area (Å²) in [7, 11) is 0. The van der Waals surface area contributed by atoms with Gasteiger partial charge in [0, 0.05) is 18.9 Å². The van der Waals surface area contributed by atoms with Gasteiger partial charge in [0.05, 0.1) is 10.0 Å². The maximum absolute atomic E-state index is 13.2. The Hall–Kier alpha value is -3.33. The van der Waals surface area contributed by atoms with Crippen molar-refractivity contribution in [2.45, 2.75) is 24.9 Å². The zero-order valence-electron chi connectivity index (χ0n) is 16.3. The Balaban J connectivity index is 1.31. The molecule has 2 N–H and O–H groups in total. The molecule has 7 nitrogen and oxygen atoms in total. The van der Waals surface area contributed by atoms with Crippen molar-refractivity contribution in [3.05, 3.63) is 82.6 Å². The van der Waals surface area contributed by atoms with Crippen LogP contribution in [0, 0.1) is 5.82 Å². The van der Waals surface area contributed by atoms with Gasteiger partial charge >= 0.3 is 0 Å². The summed E-state index contributed by atoms with van der Waals surface area (Å²) < 4.78 is 19.4. The van der Waals surface area contributed by atoms with Crippen LogP contribution in [0.25, 0.3) is 0 Å². The molecule has 0 unspecified atom stereocenters. The molecule has 31 heavy (non-hydrogen) atoms. The van der Waals surface area contributed by atoms with Crippen molar-refractivity contribution >= 4 is 27.7 Å². The molecule has 1 fully saturated rings. The molecule has 4 rings (SSSR count). The van der Waals surface area contributed by atoms with Gasteiger partial charge in [-0.25, -0.2) is 14.4 Å². The van der Waals surface area contributed by atoms with Gasteiger partial charge < -0.3 is 15.4 Å². The molecule has 1 aromatic heterocycles. The topological polar surface area (TPSA) is 93.2 Å². The molecule has 1 aliphatic carbocycles. The van der Waals surface area contributed by atoms with Gasteiger partial charge in [-0.05, 0) is 64.7 Å². The van der Waals surface area contributed by atoms with Gasteiger partial charge in [-0.15, -0.1) is 0 Å². The van der Waals surface area contributed by atoms with Crippen LogP contribution in [0.2, 0.25) is 0 Å². The normalized spacial score (nSPS) is 13.9. The van der Waals surface area contributed by atoms with Crippen LogP contribution in [-0.2, 0) is 11.3 Å². The number of nitrogens with one attached hydrogen (secondary N) is 2. The second-order valence-electron chi connectivity index (χ2n) is 7.17. The van der Waals surface area contributed by atoms with Gasteiger partial charge in [0.15, 0.2) is 0 Å². The number of amides is 2. The van der Waals surface area contributed by atoms with E-state index in [4.69, 9.17) is 4.74 Å². The minimum Gasteiger partial charge on any atom is -0.456 e. The highest BCUT2D eigenvalue weighted by atomic mass is 79.9. The number of carbonyl (C=O) groups excluding carboxylic acids is 2. The Morgan fingerprint density at radius 1 is 1.10 bits per heavy atom. The summed E-state index contributed by atoms with van der Waals surface area (Å²) in [5.74, 6) is 0.123. The summed E-state index contributed by atoms with van der Waals surface area (Å²) in [6.45, 7) is 0.311. The van der Waals surface area contributed by atoms with Crippen LogP contribution >= 0.6 is 15.9 Å². The number of hydrogen-bond donors (Lipinski definition) is 2. The van der Waals surface area contributed by atoms with Crippen molar-refractivity contribution in [1.29, 1.82) is 0 Å². The molecule has 2 amide bonds. The Morgan fingerprint density at radius 2 is 1.81 bits per heavy atom. The first-order valence-corrected chi connectivity index (χ1v) is 10.3. The Morgan fingerprint density at radius 3 is 2.45 bits per heavy atom. The highest BCUT2D eigenvalue weighted by Crippen LogP contribution is 2.36. The highest BCUT2D eigenvalue weighted by Gasteiger charge is 2.51.